The molecule has 0 amide bonds. The van der Waals surface area contributed by atoms with Gasteiger partial charge in [0.25, 0.3) is 0 Å². The summed E-state index contributed by atoms with van der Waals surface area (Å²) in [5.41, 5.74) is 0. The second-order valence-corrected chi connectivity index (χ2v) is 0.346. The van der Waals surface area contributed by atoms with Crippen molar-refractivity contribution in [2.24, 2.45) is 0 Å². The van der Waals surface area contributed by atoms with Crippen LogP contribution in [0.4, 0.5) is 0 Å². The van der Waals surface area contributed by atoms with Gasteiger partial charge in [-0.05, 0) is 0 Å². The second kappa shape index (κ2) is 9.63. The quantitative estimate of drug-likeness (QED) is 0.417. The fraction of sp³-hybridized carbons (Fsp3) is 0. The van der Waals surface area contributed by atoms with Crippen LogP contribution in [0.2, 0.25) is 0 Å². The molecule has 37 valence electrons. The Hall–Kier alpha value is 1.39. The van der Waals surface area contributed by atoms with Gasteiger partial charge in [0, 0.05) is 17.1 Å². The summed E-state index contributed by atoms with van der Waals surface area (Å²) >= 11 is 0. The zero-order valence-corrected chi connectivity index (χ0v) is 9.68. The maximum atomic E-state index is 7.17. The van der Waals surface area contributed by atoms with Gasteiger partial charge in [0.05, 0.1) is 0 Å². The SMILES string of the molecule is OB(O)O.[Mn].[PbH2]. The molecule has 3 radical (unpaired) electrons. The first kappa shape index (κ1) is 15.7. The van der Waals surface area contributed by atoms with Crippen LogP contribution in [-0.2, 0) is 17.1 Å². The van der Waals surface area contributed by atoms with Gasteiger partial charge in [0.15, 0.2) is 0 Å². The van der Waals surface area contributed by atoms with Crippen molar-refractivity contribution >= 4 is 34.6 Å². The summed E-state index contributed by atoms with van der Waals surface area (Å²) in [6.07, 6.45) is 0. The minimum absolute atomic E-state index is 0. The Morgan fingerprint density at radius 3 is 1.00 bits per heavy atom. The first-order chi connectivity index (χ1) is 1.73. The van der Waals surface area contributed by atoms with Gasteiger partial charge in [0.1, 0.15) is 0 Å². The monoisotopic (exact) mass is 327 g/mol. The molecular weight excluding hydrogens is 321 g/mol. The van der Waals surface area contributed by atoms with Crippen molar-refractivity contribution in [3.63, 3.8) is 0 Å². The number of rotatable bonds is 0. The van der Waals surface area contributed by atoms with Crippen LogP contribution in [0.3, 0.4) is 0 Å². The molecule has 3 nitrogen and oxygen atoms in total. The van der Waals surface area contributed by atoms with Gasteiger partial charge >= 0.3 is 34.6 Å². The molecule has 0 aliphatic heterocycles. The molecule has 0 heterocycles. The Kier molecular flexibility index (Phi) is 25.1. The van der Waals surface area contributed by atoms with Gasteiger partial charge in [-0.3, -0.25) is 0 Å². The van der Waals surface area contributed by atoms with E-state index in [2.05, 4.69) is 0 Å². The minimum atomic E-state index is -2.17. The molecule has 0 aromatic rings. The van der Waals surface area contributed by atoms with Crippen molar-refractivity contribution in [1.82, 2.24) is 0 Å². The Morgan fingerprint density at radius 2 is 1.00 bits per heavy atom. The number of hydrogen-bond acceptors (Lipinski definition) is 3. The molecule has 0 aromatic heterocycles. The fourth-order valence-electron chi connectivity index (χ4n) is 0. The molecule has 0 bridgehead atoms. The van der Waals surface area contributed by atoms with E-state index in [0.29, 0.717) is 0 Å². The van der Waals surface area contributed by atoms with Crippen molar-refractivity contribution in [3.05, 3.63) is 0 Å². The second-order valence-electron chi connectivity index (χ2n) is 0.346. The number of hydrogen-bond donors (Lipinski definition) is 3. The zero-order chi connectivity index (χ0) is 3.58. The summed E-state index contributed by atoms with van der Waals surface area (Å²) in [7, 11) is -2.17. The molecule has 6 heavy (non-hydrogen) atoms. The van der Waals surface area contributed by atoms with Gasteiger partial charge in [-0.25, -0.2) is 0 Å². The van der Waals surface area contributed by atoms with Crippen LogP contribution < -0.4 is 0 Å². The standard InChI is InChI=1S/BH3O3.Mn.Pb.2H/c2-1(3)4;;;;/h2-4H;;;;. The van der Waals surface area contributed by atoms with E-state index in [9.17, 15) is 0 Å². The van der Waals surface area contributed by atoms with E-state index in [0.717, 1.165) is 0 Å². The van der Waals surface area contributed by atoms with Crippen LogP contribution in [0.5, 0.6) is 0 Å². The van der Waals surface area contributed by atoms with E-state index < -0.39 is 7.32 Å². The van der Waals surface area contributed by atoms with Crippen molar-refractivity contribution < 1.29 is 32.1 Å². The molecular formula is H5BMnO3Pb. The van der Waals surface area contributed by atoms with Crippen LogP contribution in [0, 0.1) is 0 Å². The molecule has 0 saturated heterocycles. The van der Waals surface area contributed by atoms with Gasteiger partial charge < -0.3 is 15.1 Å². The van der Waals surface area contributed by atoms with Crippen LogP contribution in [0.25, 0.3) is 0 Å². The summed E-state index contributed by atoms with van der Waals surface area (Å²) in [5, 5.41) is 21.5. The summed E-state index contributed by atoms with van der Waals surface area (Å²) in [5.74, 6) is 0. The molecule has 0 atom stereocenters. The zero-order valence-electron chi connectivity index (χ0n) is 3.00. The van der Waals surface area contributed by atoms with Crippen molar-refractivity contribution in [2.75, 3.05) is 0 Å². The molecule has 0 rings (SSSR count). The first-order valence-corrected chi connectivity index (χ1v) is 0.775. The van der Waals surface area contributed by atoms with E-state index in [1.165, 1.54) is 0 Å². The maximum absolute atomic E-state index is 7.17. The molecule has 3 N–H and O–H groups in total. The first-order valence-electron chi connectivity index (χ1n) is 0.775. The molecule has 0 aromatic carbocycles. The predicted octanol–water partition coefficient (Wildman–Crippen LogP) is -2.97. The topological polar surface area (TPSA) is 60.7 Å². The molecule has 0 unspecified atom stereocenters. The van der Waals surface area contributed by atoms with E-state index in [1.807, 2.05) is 0 Å². The average Bonchev–Trinajstić information content (AvgIpc) is 0.811. The molecule has 6 heteroatoms. The fourth-order valence-corrected chi connectivity index (χ4v) is 0. The van der Waals surface area contributed by atoms with Crippen LogP contribution in [0.15, 0.2) is 0 Å². The van der Waals surface area contributed by atoms with E-state index in [1.54, 1.807) is 0 Å². The van der Waals surface area contributed by atoms with E-state index >= 15 is 0 Å². The third-order valence-corrected chi connectivity index (χ3v) is 0. The third-order valence-electron chi connectivity index (χ3n) is 0. The molecule has 0 aliphatic carbocycles. The van der Waals surface area contributed by atoms with Gasteiger partial charge in [-0.15, -0.1) is 0 Å². The van der Waals surface area contributed by atoms with Crippen LogP contribution in [-0.4, -0.2) is 49.7 Å². The van der Waals surface area contributed by atoms with Crippen molar-refractivity contribution in [3.8, 4) is 0 Å². The Morgan fingerprint density at radius 1 is 1.00 bits per heavy atom. The summed E-state index contributed by atoms with van der Waals surface area (Å²) in [4.78, 5) is 0. The Labute approximate surface area is 66.6 Å². The van der Waals surface area contributed by atoms with E-state index in [4.69, 9.17) is 15.1 Å². The summed E-state index contributed by atoms with van der Waals surface area (Å²) in [6.45, 7) is 0. The van der Waals surface area contributed by atoms with E-state index in [-0.39, 0.29) is 44.4 Å². The summed E-state index contributed by atoms with van der Waals surface area (Å²) < 4.78 is 0. The normalized spacial score (nSPS) is 4.50. The predicted molar refractivity (Wildman–Crippen MR) is 21.0 cm³/mol. The van der Waals surface area contributed by atoms with Crippen LogP contribution in [0.1, 0.15) is 0 Å². The molecule has 0 spiro atoms. The molecule has 0 fully saturated rings. The summed E-state index contributed by atoms with van der Waals surface area (Å²) in [6, 6.07) is 0. The Balaban J connectivity index is -0.0000000450. The molecule has 0 saturated carbocycles. The Bertz CT molecular complexity index is 15.5. The van der Waals surface area contributed by atoms with Gasteiger partial charge in [0.2, 0.25) is 0 Å². The van der Waals surface area contributed by atoms with Crippen molar-refractivity contribution in [2.45, 2.75) is 0 Å². The third kappa shape index (κ3) is 53.9. The van der Waals surface area contributed by atoms with Crippen molar-refractivity contribution in [1.29, 1.82) is 0 Å². The van der Waals surface area contributed by atoms with Crippen LogP contribution >= 0.6 is 0 Å². The molecule has 0 aliphatic rings. The average molecular weight is 326 g/mol. The van der Waals surface area contributed by atoms with Gasteiger partial charge in [-0.1, -0.05) is 0 Å². The van der Waals surface area contributed by atoms with Gasteiger partial charge in [-0.2, -0.15) is 0 Å².